The van der Waals surface area contributed by atoms with E-state index in [1.54, 1.807) is 18.0 Å². The third kappa shape index (κ3) is 5.27. The molecule has 4 rings (SSSR count). The predicted octanol–water partition coefficient (Wildman–Crippen LogP) is 2.23. The van der Waals surface area contributed by atoms with Crippen molar-refractivity contribution < 1.29 is 14.6 Å². The molecule has 1 aromatic carbocycles. The van der Waals surface area contributed by atoms with E-state index in [0.29, 0.717) is 17.1 Å². The summed E-state index contributed by atoms with van der Waals surface area (Å²) in [5.74, 6) is 1.30. The van der Waals surface area contributed by atoms with E-state index < -0.39 is 12.0 Å². The molecule has 0 amide bonds. The highest BCUT2D eigenvalue weighted by Crippen LogP contribution is 2.24. The molecule has 1 fully saturated rings. The topological polar surface area (TPSA) is 119 Å². The zero-order valence-corrected chi connectivity index (χ0v) is 18.2. The summed E-state index contributed by atoms with van der Waals surface area (Å²) in [6, 6.07) is 7.90. The largest absolute Gasteiger partial charge is 0.497 e. The van der Waals surface area contributed by atoms with Crippen molar-refractivity contribution in [1.82, 2.24) is 30.3 Å². The molecule has 10 nitrogen and oxygen atoms in total. The maximum absolute atomic E-state index is 10.1. The van der Waals surface area contributed by atoms with E-state index in [1.165, 1.54) is 0 Å². The first kappa shape index (κ1) is 21.4. The zero-order valence-electron chi connectivity index (χ0n) is 18.2. The van der Waals surface area contributed by atoms with Crippen molar-refractivity contribution in [2.45, 2.75) is 64.1 Å². The van der Waals surface area contributed by atoms with Crippen molar-refractivity contribution in [2.75, 3.05) is 12.4 Å². The first-order valence-corrected chi connectivity index (χ1v) is 10.4. The van der Waals surface area contributed by atoms with Crippen molar-refractivity contribution in [1.29, 1.82) is 0 Å². The number of aromatic nitrogens is 5. The van der Waals surface area contributed by atoms with E-state index in [4.69, 9.17) is 9.47 Å². The number of fused-ring (bicyclic) bond motifs is 1. The van der Waals surface area contributed by atoms with Crippen LogP contribution < -0.4 is 15.4 Å². The Morgan fingerprint density at radius 1 is 1.16 bits per heavy atom. The molecule has 0 bridgehead atoms. The highest BCUT2D eigenvalue weighted by molar-refractivity contribution is 5.72. The summed E-state index contributed by atoms with van der Waals surface area (Å²) in [7, 11) is 1.63. The highest BCUT2D eigenvalue weighted by atomic mass is 16.6. The fourth-order valence-corrected chi connectivity index (χ4v) is 3.71. The van der Waals surface area contributed by atoms with E-state index in [0.717, 1.165) is 30.7 Å². The Hall–Kier alpha value is -2.82. The van der Waals surface area contributed by atoms with Crippen LogP contribution >= 0.6 is 0 Å². The molecule has 2 heterocycles. The Balaban J connectivity index is 1.42. The molecule has 1 aliphatic carbocycles. The normalized spacial score (nSPS) is 20.2. The lowest BCUT2D eigenvalue weighted by Gasteiger charge is -2.26. The highest BCUT2D eigenvalue weighted by Gasteiger charge is 2.28. The van der Waals surface area contributed by atoms with E-state index in [-0.39, 0.29) is 12.1 Å². The van der Waals surface area contributed by atoms with E-state index in [2.05, 4.69) is 30.9 Å². The molecule has 31 heavy (non-hydrogen) atoms. The number of hydrogen-bond acceptors (Lipinski definition) is 9. The Bertz CT molecular complexity index is 1020. The van der Waals surface area contributed by atoms with Crippen LogP contribution in [0.4, 0.5) is 5.95 Å². The predicted molar refractivity (Wildman–Crippen MR) is 116 cm³/mol. The molecule has 3 atom stereocenters. The van der Waals surface area contributed by atoms with Crippen LogP contribution in [0.15, 0.2) is 30.5 Å². The van der Waals surface area contributed by atoms with Crippen LogP contribution in [0.3, 0.4) is 0 Å². The molecule has 1 unspecified atom stereocenters. The van der Waals surface area contributed by atoms with Crippen molar-refractivity contribution in [2.24, 2.45) is 0 Å². The van der Waals surface area contributed by atoms with Crippen molar-refractivity contribution in [3.8, 4) is 11.4 Å². The minimum atomic E-state index is -0.985. The quantitative estimate of drug-likeness (QED) is 0.488. The van der Waals surface area contributed by atoms with Gasteiger partial charge in [-0.2, -0.15) is 9.67 Å². The average Bonchev–Trinajstić information content (AvgIpc) is 3.33. The van der Waals surface area contributed by atoms with Gasteiger partial charge in [-0.15, -0.1) is 5.10 Å². The molecule has 1 saturated carbocycles. The molecule has 166 valence electrons. The zero-order chi connectivity index (χ0) is 22.0. The maximum atomic E-state index is 10.1. The smallest absolute Gasteiger partial charge is 0.225 e. The van der Waals surface area contributed by atoms with Crippen LogP contribution in [0.25, 0.3) is 16.9 Å². The Morgan fingerprint density at radius 3 is 2.61 bits per heavy atom. The van der Waals surface area contributed by atoms with Gasteiger partial charge in [-0.05, 0) is 64.3 Å². The van der Waals surface area contributed by atoms with E-state index in [1.807, 2.05) is 45.0 Å². The van der Waals surface area contributed by atoms with Gasteiger partial charge in [-0.1, -0.05) is 5.21 Å². The van der Waals surface area contributed by atoms with Gasteiger partial charge >= 0.3 is 0 Å². The van der Waals surface area contributed by atoms with E-state index >= 15 is 0 Å². The number of nitrogens with one attached hydrogen (secondary N) is 2. The lowest BCUT2D eigenvalue weighted by Crippen LogP contribution is -2.43. The van der Waals surface area contributed by atoms with Crippen LogP contribution in [0.2, 0.25) is 0 Å². The first-order valence-electron chi connectivity index (χ1n) is 10.4. The minimum Gasteiger partial charge on any atom is -0.497 e. The summed E-state index contributed by atoms with van der Waals surface area (Å²) in [6.45, 7) is 5.74. The van der Waals surface area contributed by atoms with Gasteiger partial charge in [-0.3, -0.25) is 5.32 Å². The number of ether oxygens (including phenoxy) is 2. The average molecular weight is 428 g/mol. The molecule has 0 radical (unpaired) electrons. The Kier molecular flexibility index (Phi) is 6.03. The van der Waals surface area contributed by atoms with Crippen LogP contribution in [0, 0.1) is 0 Å². The standard InChI is InChI=1S/C21H29N7O3/c1-21(2,3)31-20(29)24-14-6-5-13(11-14)23-19-22-12-17-18(25-19)28(27-26-17)15-7-9-16(30-4)10-8-15/h7-10,12-14,20,24,29H,5-6,11H2,1-4H3,(H,22,23,25)/t13-,14+,20?/m1/s1. The molecule has 2 aromatic heterocycles. The minimum absolute atomic E-state index is 0.157. The second kappa shape index (κ2) is 8.74. The molecular formula is C21H29N7O3. The summed E-state index contributed by atoms with van der Waals surface area (Å²) in [5.41, 5.74) is 1.68. The molecule has 0 saturated heterocycles. The van der Waals surface area contributed by atoms with Gasteiger partial charge in [0.25, 0.3) is 0 Å². The Morgan fingerprint density at radius 2 is 1.90 bits per heavy atom. The Labute approximate surface area is 181 Å². The monoisotopic (exact) mass is 427 g/mol. The number of aliphatic hydroxyl groups is 1. The van der Waals surface area contributed by atoms with Gasteiger partial charge in [-0.25, -0.2) is 4.98 Å². The lowest BCUT2D eigenvalue weighted by molar-refractivity contribution is -0.185. The van der Waals surface area contributed by atoms with Crippen LogP contribution in [-0.2, 0) is 4.74 Å². The van der Waals surface area contributed by atoms with Crippen molar-refractivity contribution in [3.05, 3.63) is 30.5 Å². The maximum Gasteiger partial charge on any atom is 0.225 e. The number of benzene rings is 1. The molecule has 1 aliphatic rings. The summed E-state index contributed by atoms with van der Waals surface area (Å²) in [6.07, 6.45) is 3.39. The first-order chi connectivity index (χ1) is 14.8. The second-order valence-corrected chi connectivity index (χ2v) is 8.70. The molecule has 10 heteroatoms. The number of anilines is 1. The van der Waals surface area contributed by atoms with Gasteiger partial charge in [0.05, 0.1) is 24.6 Å². The summed E-state index contributed by atoms with van der Waals surface area (Å²) in [5, 5.41) is 25.0. The number of rotatable bonds is 7. The number of methoxy groups -OCH3 is 1. The third-order valence-electron chi connectivity index (χ3n) is 5.12. The van der Waals surface area contributed by atoms with Gasteiger partial charge in [0.1, 0.15) is 5.75 Å². The molecule has 0 spiro atoms. The number of hydrogen-bond donors (Lipinski definition) is 3. The lowest BCUT2D eigenvalue weighted by atomic mass is 10.2. The van der Waals surface area contributed by atoms with E-state index in [9.17, 15) is 5.11 Å². The van der Waals surface area contributed by atoms with Crippen LogP contribution in [-0.4, -0.2) is 61.3 Å². The second-order valence-electron chi connectivity index (χ2n) is 8.70. The van der Waals surface area contributed by atoms with Gasteiger partial charge in [0.15, 0.2) is 11.2 Å². The van der Waals surface area contributed by atoms with Gasteiger partial charge in [0, 0.05) is 12.1 Å². The fourth-order valence-electron chi connectivity index (χ4n) is 3.71. The van der Waals surface area contributed by atoms with Gasteiger partial charge < -0.3 is 19.9 Å². The molecule has 3 N–H and O–H groups in total. The van der Waals surface area contributed by atoms with Crippen LogP contribution in [0.5, 0.6) is 5.75 Å². The molecule has 0 aliphatic heterocycles. The molecule has 3 aromatic rings. The van der Waals surface area contributed by atoms with Crippen molar-refractivity contribution >= 4 is 17.1 Å². The molecular weight excluding hydrogens is 398 g/mol. The van der Waals surface area contributed by atoms with Crippen LogP contribution in [0.1, 0.15) is 40.0 Å². The summed E-state index contributed by atoms with van der Waals surface area (Å²) >= 11 is 0. The SMILES string of the molecule is COc1ccc(-n2nnc3cnc(N[C@@H]4CC[C@H](NC(O)OC(C)(C)C)C4)nc32)cc1. The third-order valence-corrected chi connectivity index (χ3v) is 5.12. The summed E-state index contributed by atoms with van der Waals surface area (Å²) < 4.78 is 12.4. The fraction of sp³-hybridized carbons (Fsp3) is 0.524. The van der Waals surface area contributed by atoms with Crippen molar-refractivity contribution in [3.63, 3.8) is 0 Å². The number of nitrogens with zero attached hydrogens (tertiary/aromatic N) is 5. The number of aliphatic hydroxyl groups excluding tert-OH is 1. The van der Waals surface area contributed by atoms with Gasteiger partial charge in [0.2, 0.25) is 12.4 Å². The summed E-state index contributed by atoms with van der Waals surface area (Å²) in [4.78, 5) is 9.03.